The van der Waals surface area contributed by atoms with E-state index >= 15 is 0 Å². The summed E-state index contributed by atoms with van der Waals surface area (Å²) in [6.07, 6.45) is 6.78. The fourth-order valence-corrected chi connectivity index (χ4v) is 4.41. The highest BCUT2D eigenvalue weighted by Gasteiger charge is 2.26. The molecule has 0 unspecified atom stereocenters. The van der Waals surface area contributed by atoms with E-state index in [1.165, 1.54) is 18.4 Å². The summed E-state index contributed by atoms with van der Waals surface area (Å²) in [6.45, 7) is 0. The van der Waals surface area contributed by atoms with Crippen LogP contribution in [-0.2, 0) is 10.2 Å². The molecule has 4 rings (SSSR count). The van der Waals surface area contributed by atoms with Crippen LogP contribution in [0.15, 0.2) is 42.7 Å². The van der Waals surface area contributed by atoms with Gasteiger partial charge < -0.3 is 5.32 Å². The highest BCUT2D eigenvalue weighted by atomic mass is 32.2. The number of hydrogen-bond donors (Lipinski definition) is 2. The number of nitrogens with zero attached hydrogens (tertiary/aromatic N) is 5. The van der Waals surface area contributed by atoms with E-state index in [4.69, 9.17) is 0 Å². The van der Waals surface area contributed by atoms with E-state index in [9.17, 15) is 8.42 Å². The zero-order valence-electron chi connectivity index (χ0n) is 16.5. The third kappa shape index (κ3) is 4.39. The number of rotatable bonds is 6. The molecule has 0 bridgehead atoms. The molecule has 2 heterocycles. The van der Waals surface area contributed by atoms with Gasteiger partial charge in [-0.2, -0.15) is 27.5 Å². The number of benzene rings is 1. The van der Waals surface area contributed by atoms with Crippen molar-refractivity contribution in [3.05, 3.63) is 42.7 Å². The topological polar surface area (TPSA) is 105 Å². The Morgan fingerprint density at radius 3 is 2.55 bits per heavy atom. The Bertz CT molecular complexity index is 1090. The van der Waals surface area contributed by atoms with Crippen LogP contribution in [0, 0.1) is 0 Å². The first-order valence-corrected chi connectivity index (χ1v) is 11.1. The molecule has 29 heavy (non-hydrogen) atoms. The average Bonchev–Trinajstić information content (AvgIpc) is 3.14. The molecular weight excluding hydrogens is 390 g/mol. The van der Waals surface area contributed by atoms with E-state index in [0.29, 0.717) is 11.8 Å². The number of para-hydroxylation sites is 1. The molecule has 10 heteroatoms. The van der Waals surface area contributed by atoms with Gasteiger partial charge in [0.15, 0.2) is 5.82 Å². The Morgan fingerprint density at radius 1 is 1.07 bits per heavy atom. The normalized spacial score (nSPS) is 20.2. The second kappa shape index (κ2) is 8.05. The molecule has 0 saturated heterocycles. The predicted molar refractivity (Wildman–Crippen MR) is 112 cm³/mol. The second-order valence-corrected chi connectivity index (χ2v) is 9.37. The monoisotopic (exact) mass is 415 g/mol. The summed E-state index contributed by atoms with van der Waals surface area (Å²) in [7, 11) is -0.334. The van der Waals surface area contributed by atoms with Crippen molar-refractivity contribution >= 4 is 27.1 Å². The van der Waals surface area contributed by atoms with Crippen LogP contribution in [0.4, 0.5) is 5.95 Å². The summed E-state index contributed by atoms with van der Waals surface area (Å²) in [6, 6.07) is 9.98. The number of nitrogens with one attached hydrogen (secondary N) is 2. The van der Waals surface area contributed by atoms with E-state index in [2.05, 4.69) is 25.1 Å². The SMILES string of the molecule is CN(C)S(=O)(=O)NC1CCC(Nc2nccc(-n3ncc4ccccc43)n2)CC1. The lowest BCUT2D eigenvalue weighted by Crippen LogP contribution is -2.44. The summed E-state index contributed by atoms with van der Waals surface area (Å²) >= 11 is 0. The third-order valence-electron chi connectivity index (χ3n) is 5.19. The molecule has 0 radical (unpaired) electrons. The van der Waals surface area contributed by atoms with Crippen LogP contribution in [0.1, 0.15) is 25.7 Å². The lowest BCUT2D eigenvalue weighted by Gasteiger charge is -2.30. The Balaban J connectivity index is 1.41. The Labute approximate surface area is 170 Å². The predicted octanol–water partition coefficient (Wildman–Crippen LogP) is 1.93. The zero-order valence-corrected chi connectivity index (χ0v) is 17.3. The minimum absolute atomic E-state index is 0.0388. The van der Waals surface area contributed by atoms with Gasteiger partial charge in [0, 0.05) is 43.8 Å². The minimum Gasteiger partial charge on any atom is -0.351 e. The van der Waals surface area contributed by atoms with Gasteiger partial charge in [-0.15, -0.1) is 0 Å². The molecule has 1 fully saturated rings. The molecule has 2 aromatic heterocycles. The van der Waals surface area contributed by atoms with Crippen molar-refractivity contribution in [2.45, 2.75) is 37.8 Å². The van der Waals surface area contributed by atoms with Crippen LogP contribution in [0.5, 0.6) is 0 Å². The average molecular weight is 416 g/mol. The first-order valence-electron chi connectivity index (χ1n) is 9.65. The molecule has 0 aliphatic heterocycles. The smallest absolute Gasteiger partial charge is 0.279 e. The van der Waals surface area contributed by atoms with E-state index in [-0.39, 0.29) is 12.1 Å². The molecule has 3 aromatic rings. The van der Waals surface area contributed by atoms with Crippen molar-refractivity contribution in [2.24, 2.45) is 0 Å². The molecule has 1 aliphatic carbocycles. The number of fused-ring (bicyclic) bond motifs is 1. The Morgan fingerprint density at radius 2 is 1.79 bits per heavy atom. The molecule has 1 saturated carbocycles. The molecule has 9 nitrogen and oxygen atoms in total. The van der Waals surface area contributed by atoms with Crippen LogP contribution in [0.3, 0.4) is 0 Å². The van der Waals surface area contributed by atoms with Gasteiger partial charge in [-0.05, 0) is 31.7 Å². The van der Waals surface area contributed by atoms with Crippen molar-refractivity contribution in [1.82, 2.24) is 28.8 Å². The maximum atomic E-state index is 12.0. The van der Waals surface area contributed by atoms with E-state index in [0.717, 1.165) is 36.6 Å². The quantitative estimate of drug-likeness (QED) is 0.637. The lowest BCUT2D eigenvalue weighted by molar-refractivity contribution is 0.378. The Hall–Kier alpha value is -2.56. The van der Waals surface area contributed by atoms with Gasteiger partial charge in [0.25, 0.3) is 10.2 Å². The molecule has 154 valence electrons. The number of anilines is 1. The van der Waals surface area contributed by atoms with Crippen LogP contribution in [-0.4, -0.2) is 58.7 Å². The van der Waals surface area contributed by atoms with Crippen LogP contribution < -0.4 is 10.0 Å². The van der Waals surface area contributed by atoms with Gasteiger partial charge in [-0.1, -0.05) is 18.2 Å². The van der Waals surface area contributed by atoms with E-state index in [1.807, 2.05) is 36.5 Å². The maximum Gasteiger partial charge on any atom is 0.279 e. The highest BCUT2D eigenvalue weighted by Crippen LogP contribution is 2.23. The van der Waals surface area contributed by atoms with Crippen molar-refractivity contribution in [1.29, 1.82) is 0 Å². The lowest BCUT2D eigenvalue weighted by atomic mass is 9.92. The fourth-order valence-electron chi connectivity index (χ4n) is 3.55. The summed E-state index contributed by atoms with van der Waals surface area (Å²) in [4.78, 5) is 8.96. The highest BCUT2D eigenvalue weighted by molar-refractivity contribution is 7.87. The molecule has 0 atom stereocenters. The van der Waals surface area contributed by atoms with Crippen molar-refractivity contribution < 1.29 is 8.42 Å². The van der Waals surface area contributed by atoms with Gasteiger partial charge in [-0.25, -0.2) is 9.67 Å². The molecule has 1 aromatic carbocycles. The molecule has 0 amide bonds. The van der Waals surface area contributed by atoms with Crippen molar-refractivity contribution in [2.75, 3.05) is 19.4 Å². The van der Waals surface area contributed by atoms with Gasteiger partial charge in [0.1, 0.15) is 0 Å². The van der Waals surface area contributed by atoms with Crippen molar-refractivity contribution in [3.63, 3.8) is 0 Å². The van der Waals surface area contributed by atoms with Gasteiger partial charge >= 0.3 is 0 Å². The van der Waals surface area contributed by atoms with Gasteiger partial charge in [-0.3, -0.25) is 0 Å². The largest absolute Gasteiger partial charge is 0.351 e. The second-order valence-electron chi connectivity index (χ2n) is 7.45. The standard InChI is InChI=1S/C19H25N7O2S/c1-25(2)29(27,28)24-16-9-7-15(8-10-16)22-19-20-12-11-18(23-19)26-17-6-4-3-5-14(17)13-21-26/h3-6,11-13,15-16,24H,7-10H2,1-2H3,(H,20,22,23). The summed E-state index contributed by atoms with van der Waals surface area (Å²) in [5.41, 5.74) is 0.992. The van der Waals surface area contributed by atoms with Gasteiger partial charge in [0.05, 0.1) is 11.7 Å². The molecule has 0 spiro atoms. The molecular formula is C19H25N7O2S. The maximum absolute atomic E-state index is 12.0. The Kier molecular flexibility index (Phi) is 5.48. The zero-order chi connectivity index (χ0) is 20.4. The van der Waals surface area contributed by atoms with Gasteiger partial charge in [0.2, 0.25) is 5.95 Å². The summed E-state index contributed by atoms with van der Waals surface area (Å²) in [5, 5.41) is 8.88. The first kappa shape index (κ1) is 19.7. The van der Waals surface area contributed by atoms with Crippen LogP contribution in [0.25, 0.3) is 16.7 Å². The molecule has 2 N–H and O–H groups in total. The van der Waals surface area contributed by atoms with Crippen LogP contribution >= 0.6 is 0 Å². The summed E-state index contributed by atoms with van der Waals surface area (Å²) in [5.74, 6) is 1.26. The van der Waals surface area contributed by atoms with E-state index in [1.54, 1.807) is 10.9 Å². The number of hydrogen-bond acceptors (Lipinski definition) is 6. The first-order chi connectivity index (χ1) is 13.9. The van der Waals surface area contributed by atoms with Crippen molar-refractivity contribution in [3.8, 4) is 5.82 Å². The van der Waals surface area contributed by atoms with E-state index < -0.39 is 10.2 Å². The van der Waals surface area contributed by atoms with Crippen LogP contribution in [0.2, 0.25) is 0 Å². The summed E-state index contributed by atoms with van der Waals surface area (Å²) < 4.78 is 29.7. The molecule has 1 aliphatic rings. The number of aromatic nitrogens is 4. The fraction of sp³-hybridized carbons (Fsp3) is 0.421. The minimum atomic E-state index is -3.39. The third-order valence-corrected chi connectivity index (χ3v) is 6.78.